The van der Waals surface area contributed by atoms with E-state index in [2.05, 4.69) is 4.72 Å². The van der Waals surface area contributed by atoms with E-state index in [-0.39, 0.29) is 29.2 Å². The Hall–Kier alpha value is -2.13. The lowest BCUT2D eigenvalue weighted by atomic mass is 10.2. The molecule has 0 aliphatic heterocycles. The van der Waals surface area contributed by atoms with E-state index in [1.54, 1.807) is 0 Å². The Morgan fingerprint density at radius 2 is 1.87 bits per heavy atom. The summed E-state index contributed by atoms with van der Waals surface area (Å²) in [7, 11) is -2.53. The number of unbranched alkanes of at least 4 members (excludes halogenated alkanes) is 2. The maximum Gasteiger partial charge on any atom is 0.339 e. The highest BCUT2D eigenvalue weighted by atomic mass is 32.2. The fraction of sp³-hybridized carbons (Fsp3) is 0.429. The Bertz CT molecular complexity index is 670. The van der Waals surface area contributed by atoms with Gasteiger partial charge in [-0.05, 0) is 31.0 Å². The molecule has 0 unspecified atom stereocenters. The largest absolute Gasteiger partial charge is 0.496 e. The van der Waals surface area contributed by atoms with Crippen molar-refractivity contribution >= 4 is 22.0 Å². The summed E-state index contributed by atoms with van der Waals surface area (Å²) >= 11 is 0. The molecule has 1 rings (SSSR count). The van der Waals surface area contributed by atoms with Gasteiger partial charge < -0.3 is 14.9 Å². The van der Waals surface area contributed by atoms with E-state index in [1.165, 1.54) is 19.2 Å². The maximum atomic E-state index is 12.1. The molecule has 9 heteroatoms. The Kier molecular flexibility index (Phi) is 6.98. The molecule has 128 valence electrons. The van der Waals surface area contributed by atoms with Crippen LogP contribution in [0.2, 0.25) is 0 Å². The number of carboxylic acid groups (broad SMARTS) is 2. The lowest BCUT2D eigenvalue weighted by molar-refractivity contribution is -0.137. The second-order valence-corrected chi connectivity index (χ2v) is 6.54. The zero-order chi connectivity index (χ0) is 17.5. The molecular weight excluding hydrogens is 326 g/mol. The molecule has 0 atom stereocenters. The van der Waals surface area contributed by atoms with Gasteiger partial charge in [0.25, 0.3) is 0 Å². The summed E-state index contributed by atoms with van der Waals surface area (Å²) < 4.78 is 31.5. The van der Waals surface area contributed by atoms with Crippen LogP contribution in [0.1, 0.15) is 36.0 Å². The minimum absolute atomic E-state index is 0.0488. The predicted molar refractivity (Wildman–Crippen MR) is 81.2 cm³/mol. The predicted octanol–water partition coefficient (Wildman–Crippen LogP) is 1.32. The van der Waals surface area contributed by atoms with E-state index in [9.17, 15) is 18.0 Å². The smallest absolute Gasteiger partial charge is 0.339 e. The molecule has 0 saturated heterocycles. The number of rotatable bonds is 10. The Morgan fingerprint density at radius 3 is 2.43 bits per heavy atom. The van der Waals surface area contributed by atoms with Crippen molar-refractivity contribution in [3.05, 3.63) is 23.8 Å². The summed E-state index contributed by atoms with van der Waals surface area (Å²) in [5, 5.41) is 17.6. The highest BCUT2D eigenvalue weighted by Gasteiger charge is 2.19. The minimum Gasteiger partial charge on any atom is -0.496 e. The number of benzene rings is 1. The van der Waals surface area contributed by atoms with Crippen LogP contribution in [-0.4, -0.2) is 44.2 Å². The van der Waals surface area contributed by atoms with Gasteiger partial charge >= 0.3 is 11.9 Å². The number of ether oxygens (including phenoxy) is 1. The second-order valence-electron chi connectivity index (χ2n) is 4.77. The van der Waals surface area contributed by atoms with Crippen molar-refractivity contribution in [3.8, 4) is 5.75 Å². The number of nitrogens with one attached hydrogen (secondary N) is 1. The summed E-state index contributed by atoms with van der Waals surface area (Å²) in [5.41, 5.74) is -0.239. The molecule has 0 aliphatic carbocycles. The lowest BCUT2D eigenvalue weighted by Gasteiger charge is -2.09. The van der Waals surface area contributed by atoms with Crippen LogP contribution in [0.4, 0.5) is 0 Å². The number of carbonyl (C=O) groups is 2. The number of aliphatic carboxylic acids is 1. The van der Waals surface area contributed by atoms with Crippen molar-refractivity contribution in [2.75, 3.05) is 13.7 Å². The first-order valence-electron chi connectivity index (χ1n) is 6.90. The van der Waals surface area contributed by atoms with Crippen LogP contribution in [0.15, 0.2) is 23.1 Å². The molecule has 0 fully saturated rings. The van der Waals surface area contributed by atoms with Gasteiger partial charge in [0.05, 0.1) is 12.0 Å². The monoisotopic (exact) mass is 345 g/mol. The van der Waals surface area contributed by atoms with Crippen LogP contribution >= 0.6 is 0 Å². The third-order valence-corrected chi connectivity index (χ3v) is 4.53. The van der Waals surface area contributed by atoms with E-state index in [4.69, 9.17) is 14.9 Å². The summed E-state index contributed by atoms with van der Waals surface area (Å²) in [4.78, 5) is 21.3. The number of hydrogen-bond acceptors (Lipinski definition) is 5. The van der Waals surface area contributed by atoms with Gasteiger partial charge in [-0.25, -0.2) is 17.9 Å². The molecule has 0 aromatic heterocycles. The van der Waals surface area contributed by atoms with E-state index in [0.717, 1.165) is 6.07 Å². The number of carboxylic acids is 2. The average Bonchev–Trinajstić information content (AvgIpc) is 2.49. The number of aromatic carboxylic acids is 1. The first kappa shape index (κ1) is 18.9. The van der Waals surface area contributed by atoms with E-state index >= 15 is 0 Å². The van der Waals surface area contributed by atoms with Gasteiger partial charge in [0.2, 0.25) is 10.0 Å². The van der Waals surface area contributed by atoms with Gasteiger partial charge in [-0.15, -0.1) is 0 Å². The molecular formula is C14H19NO7S. The average molecular weight is 345 g/mol. The highest BCUT2D eigenvalue weighted by molar-refractivity contribution is 7.89. The maximum absolute atomic E-state index is 12.1. The Labute approximate surface area is 134 Å². The molecule has 0 bridgehead atoms. The first-order valence-corrected chi connectivity index (χ1v) is 8.39. The number of methoxy groups -OCH3 is 1. The van der Waals surface area contributed by atoms with Gasteiger partial charge in [0.1, 0.15) is 11.3 Å². The summed E-state index contributed by atoms with van der Waals surface area (Å²) in [6, 6.07) is 3.58. The fourth-order valence-electron chi connectivity index (χ4n) is 1.89. The van der Waals surface area contributed by atoms with Crippen LogP contribution in [0.25, 0.3) is 0 Å². The van der Waals surface area contributed by atoms with Gasteiger partial charge in [-0.1, -0.05) is 6.42 Å². The second kappa shape index (κ2) is 8.49. The molecule has 0 aliphatic rings. The molecule has 3 N–H and O–H groups in total. The summed E-state index contributed by atoms with van der Waals surface area (Å²) in [6.45, 7) is 0.149. The number of hydrogen-bond donors (Lipinski definition) is 3. The summed E-state index contributed by atoms with van der Waals surface area (Å²) in [5.74, 6) is -2.09. The van der Waals surface area contributed by atoms with Crippen LogP contribution in [0, 0.1) is 0 Å². The van der Waals surface area contributed by atoms with Crippen LogP contribution in [0.5, 0.6) is 5.75 Å². The van der Waals surface area contributed by atoms with Crippen LogP contribution in [0.3, 0.4) is 0 Å². The van der Waals surface area contributed by atoms with E-state index in [1.807, 2.05) is 0 Å². The summed E-state index contributed by atoms with van der Waals surface area (Å²) in [6.07, 6.45) is 1.60. The molecule has 8 nitrogen and oxygen atoms in total. The fourth-order valence-corrected chi connectivity index (χ4v) is 2.99. The van der Waals surface area contributed by atoms with Crippen molar-refractivity contribution < 1.29 is 33.0 Å². The van der Waals surface area contributed by atoms with Crippen molar-refractivity contribution in [1.29, 1.82) is 0 Å². The molecule has 0 radical (unpaired) electrons. The SMILES string of the molecule is COc1ccc(S(=O)(=O)NCCCCCC(=O)O)cc1C(=O)O. The van der Waals surface area contributed by atoms with Crippen LogP contribution < -0.4 is 9.46 Å². The zero-order valence-corrected chi connectivity index (χ0v) is 13.4. The van der Waals surface area contributed by atoms with E-state index in [0.29, 0.717) is 19.3 Å². The Balaban J connectivity index is 2.68. The standard InChI is InChI=1S/C14H19NO7S/c1-22-12-7-6-10(9-11(12)14(18)19)23(20,21)15-8-4-2-3-5-13(16)17/h6-7,9,15H,2-5,8H2,1H3,(H,16,17)(H,18,19). The molecule has 0 spiro atoms. The lowest BCUT2D eigenvalue weighted by Crippen LogP contribution is -2.25. The third-order valence-electron chi connectivity index (χ3n) is 3.07. The molecule has 1 aromatic rings. The topological polar surface area (TPSA) is 130 Å². The van der Waals surface area contributed by atoms with Gasteiger partial charge in [-0.3, -0.25) is 4.79 Å². The third kappa shape index (κ3) is 5.87. The van der Waals surface area contributed by atoms with Crippen molar-refractivity contribution in [1.82, 2.24) is 4.72 Å². The first-order chi connectivity index (χ1) is 10.8. The Morgan fingerprint density at radius 1 is 1.17 bits per heavy atom. The molecule has 0 heterocycles. The quantitative estimate of drug-likeness (QED) is 0.545. The molecule has 0 saturated carbocycles. The van der Waals surface area contributed by atoms with Crippen molar-refractivity contribution in [2.45, 2.75) is 30.6 Å². The molecule has 1 aromatic carbocycles. The van der Waals surface area contributed by atoms with Gasteiger partial charge in [-0.2, -0.15) is 0 Å². The van der Waals surface area contributed by atoms with Gasteiger partial charge in [0.15, 0.2) is 0 Å². The molecule has 0 amide bonds. The molecule has 23 heavy (non-hydrogen) atoms. The highest BCUT2D eigenvalue weighted by Crippen LogP contribution is 2.22. The minimum atomic E-state index is -3.83. The van der Waals surface area contributed by atoms with Crippen molar-refractivity contribution in [2.24, 2.45) is 0 Å². The normalized spacial score (nSPS) is 11.2. The zero-order valence-electron chi connectivity index (χ0n) is 12.6. The van der Waals surface area contributed by atoms with E-state index < -0.39 is 22.0 Å². The van der Waals surface area contributed by atoms with Gasteiger partial charge in [0, 0.05) is 13.0 Å². The number of sulfonamides is 1. The van der Waals surface area contributed by atoms with Crippen molar-refractivity contribution in [3.63, 3.8) is 0 Å². The van der Waals surface area contributed by atoms with Crippen LogP contribution in [-0.2, 0) is 14.8 Å².